The number of anilines is 2. The highest BCUT2D eigenvalue weighted by atomic mass is 16.5. The number of carbonyl (C=O) groups is 1. The van der Waals surface area contributed by atoms with Crippen molar-refractivity contribution in [2.45, 2.75) is 0 Å². The van der Waals surface area contributed by atoms with Crippen molar-refractivity contribution in [2.75, 3.05) is 12.4 Å². The summed E-state index contributed by atoms with van der Waals surface area (Å²) in [5.41, 5.74) is 8.65. The van der Waals surface area contributed by atoms with Gasteiger partial charge in [0.25, 0.3) is 5.91 Å². The van der Waals surface area contributed by atoms with Crippen LogP contribution in [0, 0.1) is 0 Å². The first-order valence-corrected chi connectivity index (χ1v) is 8.17. The smallest absolute Gasteiger partial charge is 0.267 e. The molecule has 1 amide bonds. The fourth-order valence-electron chi connectivity index (χ4n) is 2.68. The predicted octanol–water partition coefficient (Wildman–Crippen LogP) is 2.64. The van der Waals surface area contributed by atoms with Crippen LogP contribution in [-0.2, 0) is 0 Å². The summed E-state index contributed by atoms with van der Waals surface area (Å²) in [5, 5.41) is 7.61. The van der Waals surface area contributed by atoms with Gasteiger partial charge in [-0.3, -0.25) is 4.79 Å². The molecule has 0 unspecified atom stereocenters. The molecule has 3 aromatic heterocycles. The van der Waals surface area contributed by atoms with E-state index in [2.05, 4.69) is 20.4 Å². The maximum atomic E-state index is 11.1. The van der Waals surface area contributed by atoms with E-state index >= 15 is 0 Å². The Kier molecular flexibility index (Phi) is 4.13. The predicted molar refractivity (Wildman–Crippen MR) is 101 cm³/mol. The van der Waals surface area contributed by atoms with E-state index in [-0.39, 0.29) is 5.69 Å². The molecule has 0 atom stereocenters. The largest absolute Gasteiger partial charge is 0.497 e. The lowest BCUT2D eigenvalue weighted by molar-refractivity contribution is 0.0995. The number of fused-ring (bicyclic) bond motifs is 1. The van der Waals surface area contributed by atoms with E-state index in [1.54, 1.807) is 23.8 Å². The number of rotatable bonds is 5. The molecule has 3 N–H and O–H groups in total. The molecule has 0 aliphatic heterocycles. The maximum Gasteiger partial charge on any atom is 0.267 e. The van der Waals surface area contributed by atoms with Gasteiger partial charge in [-0.05, 0) is 48.5 Å². The van der Waals surface area contributed by atoms with Gasteiger partial charge in [0.2, 0.25) is 5.95 Å². The molecule has 8 heteroatoms. The van der Waals surface area contributed by atoms with Crippen molar-refractivity contribution >= 4 is 23.2 Å². The van der Waals surface area contributed by atoms with E-state index in [4.69, 9.17) is 10.5 Å². The molecule has 0 aliphatic rings. The summed E-state index contributed by atoms with van der Waals surface area (Å²) in [6, 6.07) is 16.7. The monoisotopic (exact) mass is 360 g/mol. The molecule has 0 saturated carbocycles. The second-order valence-electron chi connectivity index (χ2n) is 5.77. The Labute approximate surface area is 154 Å². The van der Waals surface area contributed by atoms with Gasteiger partial charge in [0.15, 0.2) is 5.65 Å². The quantitative estimate of drug-likeness (QED) is 0.566. The van der Waals surface area contributed by atoms with Gasteiger partial charge in [0.1, 0.15) is 11.4 Å². The third kappa shape index (κ3) is 3.28. The average Bonchev–Trinajstić information content (AvgIpc) is 3.11. The molecule has 0 saturated heterocycles. The maximum absolute atomic E-state index is 11.1. The van der Waals surface area contributed by atoms with Gasteiger partial charge in [-0.25, -0.2) is 9.50 Å². The van der Waals surface area contributed by atoms with Gasteiger partial charge in [-0.15, -0.1) is 5.10 Å². The second-order valence-corrected chi connectivity index (χ2v) is 5.77. The highest BCUT2D eigenvalue weighted by molar-refractivity contribution is 5.90. The van der Waals surface area contributed by atoms with Crippen molar-refractivity contribution in [3.8, 4) is 17.0 Å². The number of primary amides is 1. The van der Waals surface area contributed by atoms with E-state index in [1.807, 2.05) is 42.5 Å². The lowest BCUT2D eigenvalue weighted by atomic mass is 10.1. The van der Waals surface area contributed by atoms with Crippen molar-refractivity contribution in [3.05, 3.63) is 66.5 Å². The van der Waals surface area contributed by atoms with E-state index in [0.717, 1.165) is 17.0 Å². The number of hydrogen-bond donors (Lipinski definition) is 2. The van der Waals surface area contributed by atoms with Crippen LogP contribution in [0.4, 0.5) is 11.6 Å². The SMILES string of the molecule is COc1ccc(-c2cccc3nc(Nc4ccc(C(N)=O)nc4)nn23)cc1. The molecule has 0 radical (unpaired) electrons. The zero-order chi connectivity index (χ0) is 18.8. The highest BCUT2D eigenvalue weighted by Crippen LogP contribution is 2.24. The molecule has 4 rings (SSSR count). The summed E-state index contributed by atoms with van der Waals surface area (Å²) in [6.45, 7) is 0. The van der Waals surface area contributed by atoms with E-state index in [1.165, 1.54) is 6.20 Å². The summed E-state index contributed by atoms with van der Waals surface area (Å²) in [4.78, 5) is 19.6. The minimum atomic E-state index is -0.573. The van der Waals surface area contributed by atoms with Gasteiger partial charge >= 0.3 is 0 Å². The zero-order valence-electron chi connectivity index (χ0n) is 14.5. The summed E-state index contributed by atoms with van der Waals surface area (Å²) in [7, 11) is 1.63. The van der Waals surface area contributed by atoms with Gasteiger partial charge < -0.3 is 15.8 Å². The Morgan fingerprint density at radius 2 is 1.93 bits per heavy atom. The number of hydrogen-bond acceptors (Lipinski definition) is 6. The lowest BCUT2D eigenvalue weighted by Gasteiger charge is -2.05. The lowest BCUT2D eigenvalue weighted by Crippen LogP contribution is -2.12. The van der Waals surface area contributed by atoms with E-state index in [0.29, 0.717) is 17.3 Å². The molecule has 27 heavy (non-hydrogen) atoms. The van der Waals surface area contributed by atoms with E-state index in [9.17, 15) is 4.79 Å². The topological polar surface area (TPSA) is 107 Å². The van der Waals surface area contributed by atoms with Gasteiger partial charge in [-0.2, -0.15) is 4.98 Å². The molecule has 0 fully saturated rings. The number of carbonyl (C=O) groups excluding carboxylic acids is 1. The van der Waals surface area contributed by atoms with Crippen molar-refractivity contribution in [1.29, 1.82) is 0 Å². The Bertz CT molecular complexity index is 1100. The van der Waals surface area contributed by atoms with Crippen LogP contribution in [0.25, 0.3) is 16.9 Å². The number of amides is 1. The first kappa shape index (κ1) is 16.5. The van der Waals surface area contributed by atoms with Crippen LogP contribution in [0.3, 0.4) is 0 Å². The van der Waals surface area contributed by atoms with Gasteiger partial charge in [0, 0.05) is 5.56 Å². The van der Waals surface area contributed by atoms with Crippen LogP contribution in [-0.4, -0.2) is 32.6 Å². The first-order chi connectivity index (χ1) is 13.1. The van der Waals surface area contributed by atoms with Gasteiger partial charge in [0.05, 0.1) is 24.7 Å². The fraction of sp³-hybridized carbons (Fsp3) is 0.0526. The third-order valence-electron chi connectivity index (χ3n) is 4.02. The summed E-state index contributed by atoms with van der Waals surface area (Å²) in [5.74, 6) is 0.639. The number of nitrogens with one attached hydrogen (secondary N) is 1. The molecule has 1 aromatic carbocycles. The van der Waals surface area contributed by atoms with Crippen LogP contribution in [0.15, 0.2) is 60.8 Å². The number of nitrogens with two attached hydrogens (primary N) is 1. The number of methoxy groups -OCH3 is 1. The van der Waals surface area contributed by atoms with Crippen LogP contribution < -0.4 is 15.8 Å². The van der Waals surface area contributed by atoms with Crippen molar-refractivity contribution in [1.82, 2.24) is 19.6 Å². The highest BCUT2D eigenvalue weighted by Gasteiger charge is 2.10. The molecule has 8 nitrogen and oxygen atoms in total. The normalized spacial score (nSPS) is 10.7. The number of aromatic nitrogens is 4. The molecular weight excluding hydrogens is 344 g/mol. The van der Waals surface area contributed by atoms with Crippen LogP contribution in [0.1, 0.15) is 10.5 Å². The van der Waals surface area contributed by atoms with Crippen LogP contribution in [0.5, 0.6) is 5.75 Å². The third-order valence-corrected chi connectivity index (χ3v) is 4.02. The summed E-state index contributed by atoms with van der Waals surface area (Å²) >= 11 is 0. The number of pyridine rings is 2. The van der Waals surface area contributed by atoms with Crippen LogP contribution >= 0.6 is 0 Å². The number of nitrogens with zero attached hydrogens (tertiary/aromatic N) is 4. The Balaban J connectivity index is 1.66. The minimum absolute atomic E-state index is 0.199. The molecule has 3 heterocycles. The molecule has 134 valence electrons. The number of benzene rings is 1. The van der Waals surface area contributed by atoms with Crippen molar-refractivity contribution < 1.29 is 9.53 Å². The Morgan fingerprint density at radius 3 is 2.59 bits per heavy atom. The van der Waals surface area contributed by atoms with Crippen molar-refractivity contribution in [2.24, 2.45) is 5.73 Å². The van der Waals surface area contributed by atoms with Crippen molar-refractivity contribution in [3.63, 3.8) is 0 Å². The summed E-state index contributed by atoms with van der Waals surface area (Å²) in [6.07, 6.45) is 1.51. The second kappa shape index (κ2) is 6.75. The Hall–Kier alpha value is -3.94. The van der Waals surface area contributed by atoms with Gasteiger partial charge in [-0.1, -0.05) is 6.07 Å². The van der Waals surface area contributed by atoms with Crippen LogP contribution in [0.2, 0.25) is 0 Å². The molecular formula is C19H16N6O2. The standard InChI is InChI=1S/C19H16N6O2/c1-27-14-8-5-12(6-9-14)16-3-2-4-17-23-19(24-25(16)17)22-13-7-10-15(18(20)26)21-11-13/h2-11H,1H3,(H2,20,26)(H,22,24). The first-order valence-electron chi connectivity index (χ1n) is 8.17. The summed E-state index contributed by atoms with van der Waals surface area (Å²) < 4.78 is 6.97. The Morgan fingerprint density at radius 1 is 1.11 bits per heavy atom. The molecule has 0 spiro atoms. The molecule has 4 aromatic rings. The zero-order valence-corrected chi connectivity index (χ0v) is 14.5. The molecule has 0 bridgehead atoms. The average molecular weight is 360 g/mol. The minimum Gasteiger partial charge on any atom is -0.497 e. The van der Waals surface area contributed by atoms with E-state index < -0.39 is 5.91 Å². The fourth-order valence-corrected chi connectivity index (χ4v) is 2.68. The molecule has 0 aliphatic carbocycles. The number of ether oxygens (including phenoxy) is 1.